The Balaban J connectivity index is 1.87. The van der Waals surface area contributed by atoms with Crippen molar-refractivity contribution in [3.8, 4) is 11.4 Å². The van der Waals surface area contributed by atoms with Crippen LogP contribution >= 0.6 is 11.8 Å². The average Bonchev–Trinajstić information content (AvgIpc) is 2.63. The molecule has 0 atom stereocenters. The van der Waals surface area contributed by atoms with Gasteiger partial charge in [0.2, 0.25) is 0 Å². The highest BCUT2D eigenvalue weighted by molar-refractivity contribution is 7.99. The van der Waals surface area contributed by atoms with Gasteiger partial charge in [0.05, 0.1) is 5.52 Å². The van der Waals surface area contributed by atoms with Gasteiger partial charge >= 0.3 is 0 Å². The molecular weight excluding hydrogens is 302 g/mol. The molecule has 0 unspecified atom stereocenters. The normalized spacial score (nSPS) is 10.8. The summed E-state index contributed by atoms with van der Waals surface area (Å²) in [6.45, 7) is 0. The molecule has 0 spiro atoms. The highest BCUT2D eigenvalue weighted by atomic mass is 32.2. The van der Waals surface area contributed by atoms with Crippen LogP contribution < -0.4 is 0 Å². The molecule has 2 aromatic heterocycles. The van der Waals surface area contributed by atoms with Crippen molar-refractivity contribution in [2.45, 2.75) is 9.92 Å². The molecule has 110 valence electrons. The van der Waals surface area contributed by atoms with Crippen molar-refractivity contribution in [1.82, 2.24) is 15.0 Å². The number of rotatable bonds is 3. The number of hydrogen-bond acceptors (Lipinski definition) is 4. The first-order valence-electron chi connectivity index (χ1n) is 7.30. The summed E-state index contributed by atoms with van der Waals surface area (Å²) in [5.74, 6) is 0.704. The zero-order valence-corrected chi connectivity index (χ0v) is 13.1. The van der Waals surface area contributed by atoms with Gasteiger partial charge in [0.1, 0.15) is 5.03 Å². The van der Waals surface area contributed by atoms with E-state index in [0.717, 1.165) is 26.4 Å². The highest BCUT2D eigenvalue weighted by Crippen LogP contribution is 2.32. The third kappa shape index (κ3) is 2.94. The van der Waals surface area contributed by atoms with E-state index in [1.807, 2.05) is 48.5 Å². The van der Waals surface area contributed by atoms with E-state index in [1.165, 1.54) is 0 Å². The molecule has 23 heavy (non-hydrogen) atoms. The molecule has 0 radical (unpaired) electrons. The Morgan fingerprint density at radius 3 is 2.39 bits per heavy atom. The molecule has 0 amide bonds. The van der Waals surface area contributed by atoms with E-state index in [2.05, 4.69) is 28.2 Å². The summed E-state index contributed by atoms with van der Waals surface area (Å²) in [5, 5.41) is 2.02. The van der Waals surface area contributed by atoms with Gasteiger partial charge in [0, 0.05) is 28.2 Å². The van der Waals surface area contributed by atoms with Gasteiger partial charge in [-0.1, -0.05) is 48.2 Å². The van der Waals surface area contributed by atoms with Gasteiger partial charge in [-0.2, -0.15) is 0 Å². The van der Waals surface area contributed by atoms with E-state index in [1.54, 1.807) is 24.2 Å². The van der Waals surface area contributed by atoms with E-state index < -0.39 is 0 Å². The maximum Gasteiger partial charge on any atom is 0.162 e. The number of pyridine rings is 1. The lowest BCUT2D eigenvalue weighted by Gasteiger charge is -2.08. The quantitative estimate of drug-likeness (QED) is 0.507. The molecular formula is C19H13N3S. The lowest BCUT2D eigenvalue weighted by molar-refractivity contribution is 1.10. The van der Waals surface area contributed by atoms with Crippen molar-refractivity contribution in [1.29, 1.82) is 0 Å². The third-order valence-electron chi connectivity index (χ3n) is 3.45. The van der Waals surface area contributed by atoms with Crippen LogP contribution in [0.3, 0.4) is 0 Å². The van der Waals surface area contributed by atoms with E-state index in [0.29, 0.717) is 5.82 Å². The maximum atomic E-state index is 4.78. The van der Waals surface area contributed by atoms with Gasteiger partial charge in [-0.25, -0.2) is 9.97 Å². The minimum atomic E-state index is 0.704. The first-order chi connectivity index (χ1) is 11.4. The van der Waals surface area contributed by atoms with Gasteiger partial charge in [-0.3, -0.25) is 4.98 Å². The van der Waals surface area contributed by atoms with Crippen molar-refractivity contribution < 1.29 is 0 Å². The van der Waals surface area contributed by atoms with Crippen molar-refractivity contribution >= 4 is 22.7 Å². The Bertz CT molecular complexity index is 940. The Hall–Kier alpha value is -2.72. The zero-order valence-electron chi connectivity index (χ0n) is 12.3. The van der Waals surface area contributed by atoms with E-state index >= 15 is 0 Å². The van der Waals surface area contributed by atoms with Gasteiger partial charge < -0.3 is 0 Å². The molecule has 0 aliphatic heterocycles. The second-order valence-corrected chi connectivity index (χ2v) is 6.09. The molecule has 2 aromatic carbocycles. The summed E-state index contributed by atoms with van der Waals surface area (Å²) in [6, 6.07) is 22.2. The fourth-order valence-electron chi connectivity index (χ4n) is 2.35. The summed E-state index contributed by atoms with van der Waals surface area (Å²) in [4.78, 5) is 14.8. The predicted molar refractivity (Wildman–Crippen MR) is 93.3 cm³/mol. The predicted octanol–water partition coefficient (Wildman–Crippen LogP) is 4.84. The monoisotopic (exact) mass is 315 g/mol. The van der Waals surface area contributed by atoms with Gasteiger partial charge in [-0.05, 0) is 30.3 Å². The van der Waals surface area contributed by atoms with Crippen LogP contribution in [-0.4, -0.2) is 15.0 Å². The first kappa shape index (κ1) is 13.9. The molecule has 0 saturated carbocycles. The fraction of sp³-hybridized carbons (Fsp3) is 0. The molecule has 0 fully saturated rings. The molecule has 0 saturated heterocycles. The zero-order chi connectivity index (χ0) is 15.5. The molecule has 4 rings (SSSR count). The van der Waals surface area contributed by atoms with Gasteiger partial charge in [0.15, 0.2) is 5.82 Å². The van der Waals surface area contributed by atoms with Crippen molar-refractivity contribution in [3.05, 3.63) is 79.1 Å². The molecule has 0 aliphatic carbocycles. The topological polar surface area (TPSA) is 38.7 Å². The van der Waals surface area contributed by atoms with Crippen LogP contribution in [0.2, 0.25) is 0 Å². The first-order valence-corrected chi connectivity index (χ1v) is 8.12. The Morgan fingerprint density at radius 2 is 1.57 bits per heavy atom. The molecule has 4 aromatic rings. The van der Waals surface area contributed by atoms with Gasteiger partial charge in [-0.15, -0.1) is 0 Å². The largest absolute Gasteiger partial charge is 0.264 e. The maximum absolute atomic E-state index is 4.78. The Labute approximate surface area is 138 Å². The summed E-state index contributed by atoms with van der Waals surface area (Å²) in [7, 11) is 0. The van der Waals surface area contributed by atoms with Crippen molar-refractivity contribution in [3.63, 3.8) is 0 Å². The molecule has 2 heterocycles. The molecule has 0 N–H and O–H groups in total. The lowest BCUT2D eigenvalue weighted by atomic mass is 10.2. The summed E-state index contributed by atoms with van der Waals surface area (Å²) < 4.78 is 0. The highest BCUT2D eigenvalue weighted by Gasteiger charge is 2.10. The van der Waals surface area contributed by atoms with Crippen molar-refractivity contribution in [2.24, 2.45) is 0 Å². The third-order valence-corrected chi connectivity index (χ3v) is 4.46. The number of hydrogen-bond donors (Lipinski definition) is 0. The van der Waals surface area contributed by atoms with Crippen LogP contribution in [0.25, 0.3) is 22.3 Å². The van der Waals surface area contributed by atoms with Crippen LogP contribution in [0.1, 0.15) is 0 Å². The van der Waals surface area contributed by atoms with E-state index in [-0.39, 0.29) is 0 Å². The average molecular weight is 315 g/mol. The number of para-hydroxylation sites is 1. The summed E-state index contributed by atoms with van der Waals surface area (Å²) >= 11 is 1.65. The Morgan fingerprint density at radius 1 is 0.739 bits per heavy atom. The SMILES string of the molecule is c1ccc(Sc2nc(-c3cccnc3)nc3ccccc23)cc1. The van der Waals surface area contributed by atoms with Crippen LogP contribution in [0.4, 0.5) is 0 Å². The fourth-order valence-corrected chi connectivity index (χ4v) is 3.28. The van der Waals surface area contributed by atoms with Crippen molar-refractivity contribution in [2.75, 3.05) is 0 Å². The smallest absolute Gasteiger partial charge is 0.162 e. The molecule has 4 heteroatoms. The number of benzene rings is 2. The van der Waals surface area contributed by atoms with Gasteiger partial charge in [0.25, 0.3) is 0 Å². The van der Waals surface area contributed by atoms with E-state index in [4.69, 9.17) is 4.98 Å². The molecule has 0 bridgehead atoms. The second-order valence-electron chi connectivity index (χ2n) is 5.03. The summed E-state index contributed by atoms with van der Waals surface area (Å²) in [6.07, 6.45) is 3.55. The lowest BCUT2D eigenvalue weighted by Crippen LogP contribution is -1.94. The van der Waals surface area contributed by atoms with Crippen LogP contribution in [0.5, 0.6) is 0 Å². The second kappa shape index (κ2) is 6.18. The van der Waals surface area contributed by atoms with Crippen LogP contribution in [0.15, 0.2) is 89.0 Å². The van der Waals surface area contributed by atoms with Crippen LogP contribution in [-0.2, 0) is 0 Å². The van der Waals surface area contributed by atoms with Crippen LogP contribution in [0, 0.1) is 0 Å². The molecule has 3 nitrogen and oxygen atoms in total. The number of aromatic nitrogens is 3. The number of fused-ring (bicyclic) bond motifs is 1. The number of nitrogens with zero attached hydrogens (tertiary/aromatic N) is 3. The Kier molecular flexibility index (Phi) is 3.74. The van der Waals surface area contributed by atoms with E-state index in [9.17, 15) is 0 Å². The summed E-state index contributed by atoms with van der Waals surface area (Å²) in [5.41, 5.74) is 1.87. The minimum Gasteiger partial charge on any atom is -0.264 e. The minimum absolute atomic E-state index is 0.704. The molecule has 0 aliphatic rings. The standard InChI is InChI=1S/C19H13N3S/c1-2-8-15(9-3-1)23-19-16-10-4-5-11-17(16)21-18(22-19)14-7-6-12-20-13-14/h1-13H.